The van der Waals surface area contributed by atoms with Crippen LogP contribution in [0.2, 0.25) is 0 Å². The lowest BCUT2D eigenvalue weighted by molar-refractivity contribution is 0.149. The molecule has 5 heteroatoms. The fraction of sp³-hybridized carbons (Fsp3) is 0.136. The molecule has 1 aliphatic heterocycles. The largest absolute Gasteiger partial charge is 0.508 e. The van der Waals surface area contributed by atoms with E-state index in [-0.39, 0.29) is 5.75 Å². The van der Waals surface area contributed by atoms with E-state index < -0.39 is 12.0 Å². The third-order valence-electron chi connectivity index (χ3n) is 4.62. The molecule has 3 N–H and O–H groups in total. The average Bonchev–Trinajstić information content (AvgIpc) is 2.68. The highest BCUT2D eigenvalue weighted by molar-refractivity contribution is 5.89. The average molecular weight is 360 g/mol. The van der Waals surface area contributed by atoms with E-state index in [1.807, 2.05) is 61.5 Å². The first kappa shape index (κ1) is 17.1. The Kier molecular flexibility index (Phi) is 4.52. The van der Waals surface area contributed by atoms with Gasteiger partial charge in [-0.05, 0) is 36.8 Å². The molecule has 27 heavy (non-hydrogen) atoms. The summed E-state index contributed by atoms with van der Waals surface area (Å²) in [6.45, 7) is 2.02. The topological polar surface area (TPSA) is 74.1 Å². The molecule has 0 saturated carbocycles. The number of nitrogens with zero attached hydrogens (tertiary/aromatic N) is 1. The van der Waals surface area contributed by atoms with Crippen LogP contribution in [0.15, 0.2) is 77.9 Å². The van der Waals surface area contributed by atoms with E-state index in [1.165, 1.54) is 6.07 Å². The maximum atomic E-state index is 11.0. The summed E-state index contributed by atoms with van der Waals surface area (Å²) in [5, 5.41) is 25.2. The Morgan fingerprint density at radius 3 is 2.44 bits per heavy atom. The van der Waals surface area contributed by atoms with Crippen molar-refractivity contribution in [3.63, 3.8) is 0 Å². The SMILES string of the molecule is Cc1ccc(NN=C2Oc3cc(O)ccc3C(O)C2c2ccccc2)cc1. The number of nitrogens with one attached hydrogen (secondary N) is 1. The maximum Gasteiger partial charge on any atom is 0.222 e. The summed E-state index contributed by atoms with van der Waals surface area (Å²) in [7, 11) is 0. The van der Waals surface area contributed by atoms with Gasteiger partial charge in [0.15, 0.2) is 0 Å². The first-order valence-electron chi connectivity index (χ1n) is 8.76. The molecule has 1 aliphatic rings. The molecule has 136 valence electrons. The van der Waals surface area contributed by atoms with Gasteiger partial charge >= 0.3 is 0 Å². The van der Waals surface area contributed by atoms with Crippen LogP contribution in [-0.2, 0) is 0 Å². The van der Waals surface area contributed by atoms with Gasteiger partial charge in [0.2, 0.25) is 5.90 Å². The zero-order valence-electron chi connectivity index (χ0n) is 14.8. The minimum Gasteiger partial charge on any atom is -0.508 e. The van der Waals surface area contributed by atoms with E-state index in [4.69, 9.17) is 4.74 Å². The number of aliphatic hydroxyl groups is 1. The van der Waals surface area contributed by atoms with Gasteiger partial charge in [-0.15, -0.1) is 5.10 Å². The fourth-order valence-corrected chi connectivity index (χ4v) is 3.17. The summed E-state index contributed by atoms with van der Waals surface area (Å²) < 4.78 is 5.96. The second-order valence-electron chi connectivity index (χ2n) is 6.59. The molecule has 1 heterocycles. The van der Waals surface area contributed by atoms with Crippen LogP contribution in [-0.4, -0.2) is 16.1 Å². The summed E-state index contributed by atoms with van der Waals surface area (Å²) in [6, 6.07) is 22.2. The molecule has 0 saturated heterocycles. The highest BCUT2D eigenvalue weighted by Gasteiger charge is 2.36. The van der Waals surface area contributed by atoms with Crippen LogP contribution < -0.4 is 10.2 Å². The number of fused-ring (bicyclic) bond motifs is 1. The number of hydrazone groups is 1. The molecular formula is C22H20N2O3. The number of hydrogen-bond donors (Lipinski definition) is 3. The van der Waals surface area contributed by atoms with Crippen molar-refractivity contribution in [2.45, 2.75) is 18.9 Å². The van der Waals surface area contributed by atoms with Gasteiger partial charge < -0.3 is 14.9 Å². The predicted octanol–water partition coefficient (Wildman–Crippen LogP) is 4.34. The number of aromatic hydroxyl groups is 1. The third kappa shape index (κ3) is 3.50. The number of aliphatic hydroxyl groups excluding tert-OH is 1. The molecule has 0 amide bonds. The highest BCUT2D eigenvalue weighted by atomic mass is 16.5. The van der Waals surface area contributed by atoms with Crippen molar-refractivity contribution in [3.8, 4) is 11.5 Å². The summed E-state index contributed by atoms with van der Waals surface area (Å²) in [5.41, 5.74) is 6.49. The lowest BCUT2D eigenvalue weighted by atomic mass is 9.86. The van der Waals surface area contributed by atoms with E-state index in [0.717, 1.165) is 16.8 Å². The van der Waals surface area contributed by atoms with Gasteiger partial charge in [-0.1, -0.05) is 48.0 Å². The summed E-state index contributed by atoms with van der Waals surface area (Å²) in [4.78, 5) is 0. The zero-order valence-corrected chi connectivity index (χ0v) is 14.8. The Hall–Kier alpha value is -3.31. The van der Waals surface area contributed by atoms with Crippen LogP contribution in [0.3, 0.4) is 0 Å². The number of benzene rings is 3. The molecule has 4 rings (SSSR count). The second-order valence-corrected chi connectivity index (χ2v) is 6.59. The molecule has 0 spiro atoms. The minimum atomic E-state index is -0.838. The number of aryl methyl sites for hydroxylation is 1. The molecule has 2 unspecified atom stereocenters. The number of phenolic OH excluding ortho intramolecular Hbond substituents is 1. The van der Waals surface area contributed by atoms with Crippen LogP contribution >= 0.6 is 0 Å². The van der Waals surface area contributed by atoms with Crippen molar-refractivity contribution < 1.29 is 14.9 Å². The molecule has 2 atom stereocenters. The van der Waals surface area contributed by atoms with Crippen LogP contribution in [0.25, 0.3) is 0 Å². The molecule has 0 fully saturated rings. The van der Waals surface area contributed by atoms with Crippen LogP contribution in [0.4, 0.5) is 5.69 Å². The maximum absolute atomic E-state index is 11.0. The summed E-state index contributed by atoms with van der Waals surface area (Å²) >= 11 is 0. The van der Waals surface area contributed by atoms with Crippen molar-refractivity contribution in [2.75, 3.05) is 5.43 Å². The van der Waals surface area contributed by atoms with Gasteiger partial charge in [0.05, 0.1) is 17.7 Å². The van der Waals surface area contributed by atoms with Gasteiger partial charge in [0.25, 0.3) is 0 Å². The molecule has 3 aromatic carbocycles. The van der Waals surface area contributed by atoms with Crippen molar-refractivity contribution >= 4 is 11.6 Å². The molecule has 0 aliphatic carbocycles. The monoisotopic (exact) mass is 360 g/mol. The Morgan fingerprint density at radius 1 is 0.963 bits per heavy atom. The Balaban J connectivity index is 1.74. The van der Waals surface area contributed by atoms with Gasteiger partial charge in [-0.2, -0.15) is 0 Å². The van der Waals surface area contributed by atoms with Crippen LogP contribution in [0, 0.1) is 6.92 Å². The van der Waals surface area contributed by atoms with E-state index in [2.05, 4.69) is 10.5 Å². The van der Waals surface area contributed by atoms with Crippen molar-refractivity contribution in [2.24, 2.45) is 5.10 Å². The molecule has 0 aromatic heterocycles. The zero-order chi connectivity index (χ0) is 18.8. The quantitative estimate of drug-likeness (QED) is 0.608. The standard InChI is InChI=1S/C22H20N2O3/c1-14-7-9-16(10-8-14)23-24-22-20(15-5-3-2-4-6-15)21(26)18-12-11-17(25)13-19(18)27-22/h2-13,20-21,23,25-26H,1H3. The van der Waals surface area contributed by atoms with E-state index in [9.17, 15) is 10.2 Å². The van der Waals surface area contributed by atoms with Crippen LogP contribution in [0.1, 0.15) is 28.7 Å². The molecule has 5 nitrogen and oxygen atoms in total. The predicted molar refractivity (Wildman–Crippen MR) is 105 cm³/mol. The Bertz CT molecular complexity index is 969. The first-order chi connectivity index (χ1) is 13.1. The van der Waals surface area contributed by atoms with Gasteiger partial charge in [-0.25, -0.2) is 0 Å². The van der Waals surface area contributed by atoms with Crippen molar-refractivity contribution in [1.82, 2.24) is 0 Å². The Morgan fingerprint density at radius 2 is 1.70 bits per heavy atom. The van der Waals surface area contributed by atoms with Gasteiger partial charge in [0, 0.05) is 11.6 Å². The van der Waals surface area contributed by atoms with Crippen LogP contribution in [0.5, 0.6) is 11.5 Å². The lowest BCUT2D eigenvalue weighted by Crippen LogP contribution is -2.31. The minimum absolute atomic E-state index is 0.0740. The van der Waals surface area contributed by atoms with E-state index in [0.29, 0.717) is 17.2 Å². The number of ether oxygens (including phenoxy) is 1. The molecule has 3 aromatic rings. The molecule has 0 bridgehead atoms. The summed E-state index contributed by atoms with van der Waals surface area (Å²) in [5.74, 6) is 0.359. The van der Waals surface area contributed by atoms with E-state index >= 15 is 0 Å². The van der Waals surface area contributed by atoms with Crippen molar-refractivity contribution in [3.05, 3.63) is 89.5 Å². The fourth-order valence-electron chi connectivity index (χ4n) is 3.17. The normalized spacial score (nSPS) is 20.0. The highest BCUT2D eigenvalue weighted by Crippen LogP contribution is 2.43. The van der Waals surface area contributed by atoms with Gasteiger partial charge in [-0.3, -0.25) is 5.43 Å². The summed E-state index contributed by atoms with van der Waals surface area (Å²) in [6.07, 6.45) is -0.838. The lowest BCUT2D eigenvalue weighted by Gasteiger charge is -2.31. The third-order valence-corrected chi connectivity index (χ3v) is 4.62. The second kappa shape index (κ2) is 7.13. The Labute approximate surface area is 157 Å². The van der Waals surface area contributed by atoms with E-state index in [1.54, 1.807) is 12.1 Å². The molecule has 0 radical (unpaired) electrons. The number of phenols is 1. The number of anilines is 1. The molecular weight excluding hydrogens is 340 g/mol. The van der Waals surface area contributed by atoms with Crippen molar-refractivity contribution in [1.29, 1.82) is 0 Å². The smallest absolute Gasteiger partial charge is 0.222 e. The number of hydrogen-bond acceptors (Lipinski definition) is 5. The number of rotatable bonds is 3. The first-order valence-corrected chi connectivity index (χ1v) is 8.76. The van der Waals surface area contributed by atoms with Gasteiger partial charge in [0.1, 0.15) is 11.5 Å².